The number of fused-ring (bicyclic) bond motifs is 1. The third-order valence-electron chi connectivity index (χ3n) is 3.49. The number of nitrogen functional groups attached to an aromatic ring is 1. The number of nitrogens with zero attached hydrogens (tertiary/aromatic N) is 3. The van der Waals surface area contributed by atoms with Gasteiger partial charge in [-0.1, -0.05) is 23.7 Å². The Labute approximate surface area is 127 Å². The molecule has 2 aromatic heterocycles. The van der Waals surface area contributed by atoms with Crippen molar-refractivity contribution in [3.63, 3.8) is 0 Å². The van der Waals surface area contributed by atoms with Crippen molar-refractivity contribution in [1.82, 2.24) is 14.5 Å². The van der Waals surface area contributed by atoms with E-state index in [0.29, 0.717) is 22.5 Å². The lowest BCUT2D eigenvalue weighted by molar-refractivity contribution is 0.399. The number of hydrogen-bond donors (Lipinski definition) is 1. The molecule has 2 heterocycles. The zero-order valence-corrected chi connectivity index (χ0v) is 12.5. The first-order valence-electron chi connectivity index (χ1n) is 6.54. The first-order chi connectivity index (χ1) is 10.1. The van der Waals surface area contributed by atoms with Crippen LogP contribution in [-0.4, -0.2) is 21.6 Å². The van der Waals surface area contributed by atoms with Crippen LogP contribution < -0.4 is 10.5 Å². The van der Waals surface area contributed by atoms with E-state index in [1.165, 1.54) is 0 Å². The topological polar surface area (TPSA) is 66.0 Å². The van der Waals surface area contributed by atoms with Gasteiger partial charge in [-0.05, 0) is 30.7 Å². The smallest absolute Gasteiger partial charge is 0.215 e. The second-order valence-electron chi connectivity index (χ2n) is 4.76. The van der Waals surface area contributed by atoms with Gasteiger partial charge in [0.2, 0.25) is 11.8 Å². The molecule has 0 aliphatic rings. The molecule has 1 aromatic carbocycles. The van der Waals surface area contributed by atoms with E-state index < -0.39 is 0 Å². The molecule has 3 aromatic rings. The van der Waals surface area contributed by atoms with E-state index in [2.05, 4.69) is 9.97 Å². The van der Waals surface area contributed by atoms with Gasteiger partial charge in [-0.2, -0.15) is 4.98 Å². The summed E-state index contributed by atoms with van der Waals surface area (Å²) in [6, 6.07) is 11.3. The lowest BCUT2D eigenvalue weighted by Gasteiger charge is -2.16. The third kappa shape index (κ3) is 2.40. The number of nitrogens with two attached hydrogens (primary N) is 1. The summed E-state index contributed by atoms with van der Waals surface area (Å²) in [7, 11) is 1.58. The lowest BCUT2D eigenvalue weighted by Crippen LogP contribution is -2.10. The second-order valence-corrected chi connectivity index (χ2v) is 5.20. The van der Waals surface area contributed by atoms with E-state index in [9.17, 15) is 0 Å². The van der Waals surface area contributed by atoms with Gasteiger partial charge in [-0.25, -0.2) is 4.98 Å². The van der Waals surface area contributed by atoms with Crippen LogP contribution in [0.25, 0.3) is 11.2 Å². The van der Waals surface area contributed by atoms with Crippen molar-refractivity contribution in [2.24, 2.45) is 0 Å². The molecule has 0 bridgehead atoms. The predicted octanol–water partition coefficient (Wildman–Crippen LogP) is 3.28. The fourth-order valence-electron chi connectivity index (χ4n) is 2.36. The van der Waals surface area contributed by atoms with Gasteiger partial charge in [-0.3, -0.25) is 4.57 Å². The van der Waals surface area contributed by atoms with E-state index in [1.54, 1.807) is 13.2 Å². The number of hydrogen-bond acceptors (Lipinski definition) is 4. The number of ether oxygens (including phenoxy) is 1. The number of methoxy groups -OCH3 is 1. The molecule has 0 aliphatic heterocycles. The molecule has 0 spiro atoms. The molecule has 5 nitrogen and oxygen atoms in total. The average Bonchev–Trinajstić information content (AvgIpc) is 2.82. The van der Waals surface area contributed by atoms with Crippen molar-refractivity contribution < 1.29 is 4.74 Å². The van der Waals surface area contributed by atoms with E-state index in [-0.39, 0.29) is 6.04 Å². The largest absolute Gasteiger partial charge is 0.481 e. The van der Waals surface area contributed by atoms with Crippen LogP contribution >= 0.6 is 11.6 Å². The van der Waals surface area contributed by atoms with Crippen LogP contribution in [-0.2, 0) is 0 Å². The Balaban J connectivity index is 2.14. The van der Waals surface area contributed by atoms with Crippen LogP contribution in [0.4, 0.5) is 5.95 Å². The third-order valence-corrected chi connectivity index (χ3v) is 3.74. The highest BCUT2D eigenvalue weighted by molar-refractivity contribution is 6.30. The van der Waals surface area contributed by atoms with Crippen LogP contribution in [0.2, 0.25) is 5.02 Å². The first-order valence-corrected chi connectivity index (χ1v) is 6.92. The minimum atomic E-state index is -0.00753. The van der Waals surface area contributed by atoms with Crippen LogP contribution in [0, 0.1) is 0 Å². The van der Waals surface area contributed by atoms with Crippen molar-refractivity contribution >= 4 is 28.7 Å². The quantitative estimate of drug-likeness (QED) is 0.806. The number of aromatic nitrogens is 3. The van der Waals surface area contributed by atoms with E-state index in [1.807, 2.05) is 41.8 Å². The summed E-state index contributed by atoms with van der Waals surface area (Å²) in [4.78, 5) is 8.80. The van der Waals surface area contributed by atoms with Crippen LogP contribution in [0.15, 0.2) is 36.4 Å². The maximum atomic E-state index is 6.06. The normalized spacial score (nSPS) is 12.5. The van der Waals surface area contributed by atoms with E-state index in [4.69, 9.17) is 22.1 Å². The highest BCUT2D eigenvalue weighted by atomic mass is 35.5. The fraction of sp³-hybridized carbons (Fsp3) is 0.200. The van der Waals surface area contributed by atoms with Gasteiger partial charge < -0.3 is 10.5 Å². The molecule has 3 rings (SSSR count). The number of halogens is 1. The summed E-state index contributed by atoms with van der Waals surface area (Å²) in [6.45, 7) is 2.04. The summed E-state index contributed by atoms with van der Waals surface area (Å²) >= 11 is 5.93. The van der Waals surface area contributed by atoms with Crippen molar-refractivity contribution in [2.45, 2.75) is 13.0 Å². The SMILES string of the molecule is COc1ccc2nc(N)n(C(C)c3ccc(Cl)cc3)c2n1. The Bertz CT molecular complexity index is 782. The molecule has 6 heteroatoms. The minimum Gasteiger partial charge on any atom is -0.481 e. The zero-order chi connectivity index (χ0) is 15.0. The highest BCUT2D eigenvalue weighted by Crippen LogP contribution is 2.28. The molecule has 0 amide bonds. The summed E-state index contributed by atoms with van der Waals surface area (Å²) in [5, 5.41) is 0.703. The molecule has 0 saturated heterocycles. The number of pyridine rings is 1. The van der Waals surface area contributed by atoms with Gasteiger partial charge in [0.1, 0.15) is 5.52 Å². The summed E-state index contributed by atoms with van der Waals surface area (Å²) in [5.74, 6) is 0.958. The standard InChI is InChI=1S/C15H15ClN4O/c1-9(10-3-5-11(16)6-4-10)20-14-12(18-15(20)17)7-8-13(19-14)21-2/h3-9H,1-2H3,(H2,17,18). The van der Waals surface area contributed by atoms with E-state index >= 15 is 0 Å². The van der Waals surface area contributed by atoms with Crippen molar-refractivity contribution in [2.75, 3.05) is 12.8 Å². The molecule has 0 saturated carbocycles. The summed E-state index contributed by atoms with van der Waals surface area (Å²) < 4.78 is 7.07. The van der Waals surface area contributed by atoms with Gasteiger partial charge >= 0.3 is 0 Å². The lowest BCUT2D eigenvalue weighted by atomic mass is 10.1. The number of imidazole rings is 1. The number of anilines is 1. The monoisotopic (exact) mass is 302 g/mol. The molecule has 21 heavy (non-hydrogen) atoms. The Hall–Kier alpha value is -2.27. The fourth-order valence-corrected chi connectivity index (χ4v) is 2.49. The van der Waals surface area contributed by atoms with Gasteiger partial charge in [0.15, 0.2) is 5.65 Å². The molecule has 0 aliphatic carbocycles. The molecule has 2 N–H and O–H groups in total. The van der Waals surface area contributed by atoms with Crippen LogP contribution in [0.3, 0.4) is 0 Å². The van der Waals surface area contributed by atoms with Gasteiger partial charge in [0.05, 0.1) is 13.2 Å². The molecule has 1 atom stereocenters. The molecular weight excluding hydrogens is 288 g/mol. The molecule has 108 valence electrons. The number of benzene rings is 1. The Morgan fingerprint density at radius 2 is 1.86 bits per heavy atom. The maximum Gasteiger partial charge on any atom is 0.215 e. The Morgan fingerprint density at radius 3 is 2.52 bits per heavy atom. The Kier molecular flexibility index (Phi) is 3.43. The van der Waals surface area contributed by atoms with Gasteiger partial charge in [-0.15, -0.1) is 0 Å². The molecule has 0 fully saturated rings. The first kappa shape index (κ1) is 13.7. The van der Waals surface area contributed by atoms with Crippen molar-refractivity contribution in [3.8, 4) is 5.88 Å². The van der Waals surface area contributed by atoms with Crippen molar-refractivity contribution in [1.29, 1.82) is 0 Å². The van der Waals surface area contributed by atoms with Gasteiger partial charge in [0, 0.05) is 11.1 Å². The summed E-state index contributed by atoms with van der Waals surface area (Å²) in [6.07, 6.45) is 0. The van der Waals surface area contributed by atoms with Crippen LogP contribution in [0.1, 0.15) is 18.5 Å². The minimum absolute atomic E-state index is 0.00753. The number of rotatable bonds is 3. The summed E-state index contributed by atoms with van der Waals surface area (Å²) in [5.41, 5.74) is 8.58. The highest BCUT2D eigenvalue weighted by Gasteiger charge is 2.17. The van der Waals surface area contributed by atoms with E-state index in [0.717, 1.165) is 11.1 Å². The molecular formula is C15H15ClN4O. The predicted molar refractivity (Wildman–Crippen MR) is 83.8 cm³/mol. The molecule has 0 radical (unpaired) electrons. The Morgan fingerprint density at radius 1 is 1.14 bits per heavy atom. The van der Waals surface area contributed by atoms with Gasteiger partial charge in [0.25, 0.3) is 0 Å². The zero-order valence-electron chi connectivity index (χ0n) is 11.7. The van der Waals surface area contributed by atoms with Crippen molar-refractivity contribution in [3.05, 3.63) is 47.0 Å². The van der Waals surface area contributed by atoms with Crippen LogP contribution in [0.5, 0.6) is 5.88 Å². The average molecular weight is 303 g/mol. The molecule has 1 unspecified atom stereocenters. The second kappa shape index (κ2) is 5.26. The maximum absolute atomic E-state index is 6.06.